The van der Waals surface area contributed by atoms with E-state index in [1.54, 1.807) is 6.20 Å². The number of carbonyl (C=O) groups excluding carboxylic acids is 1. The average molecular weight is 243 g/mol. The van der Waals surface area contributed by atoms with Crippen molar-refractivity contribution in [3.63, 3.8) is 0 Å². The summed E-state index contributed by atoms with van der Waals surface area (Å²) in [5, 5.41) is 1.12. The van der Waals surface area contributed by atoms with Gasteiger partial charge in [-0.3, -0.25) is 4.79 Å². The summed E-state index contributed by atoms with van der Waals surface area (Å²) in [6.45, 7) is 0. The summed E-state index contributed by atoms with van der Waals surface area (Å²) in [5.41, 5.74) is 6.24. The monoisotopic (exact) mass is 243 g/mol. The standard InChI is InChI=1S/C14H17N3O/c15-12(18)10-14(6-1-2-7-14)17-9-5-11-4-3-8-16-13(11)17/h3-5,8-9H,1-2,6-7,10H2,(H2,15,18). The molecule has 0 unspecified atom stereocenters. The molecule has 4 nitrogen and oxygen atoms in total. The summed E-state index contributed by atoms with van der Waals surface area (Å²) in [4.78, 5) is 15.8. The van der Waals surface area contributed by atoms with Crippen molar-refractivity contribution in [2.45, 2.75) is 37.6 Å². The Morgan fingerprint density at radius 1 is 1.39 bits per heavy atom. The zero-order valence-electron chi connectivity index (χ0n) is 10.3. The zero-order chi connectivity index (χ0) is 12.6. The minimum atomic E-state index is -0.227. The Morgan fingerprint density at radius 3 is 2.89 bits per heavy atom. The maximum atomic E-state index is 11.4. The van der Waals surface area contributed by atoms with E-state index in [0.717, 1.165) is 36.7 Å². The van der Waals surface area contributed by atoms with Crippen LogP contribution in [0.15, 0.2) is 30.6 Å². The number of carbonyl (C=O) groups is 1. The Kier molecular flexibility index (Phi) is 2.58. The Balaban J connectivity index is 2.12. The van der Waals surface area contributed by atoms with E-state index in [4.69, 9.17) is 5.73 Å². The molecule has 1 aliphatic rings. The number of nitrogens with zero attached hydrogens (tertiary/aromatic N) is 2. The lowest BCUT2D eigenvalue weighted by atomic mass is 9.92. The molecule has 0 atom stereocenters. The minimum absolute atomic E-state index is 0.151. The van der Waals surface area contributed by atoms with Crippen molar-refractivity contribution in [1.82, 2.24) is 9.55 Å². The molecule has 2 heterocycles. The van der Waals surface area contributed by atoms with Gasteiger partial charge in [-0.2, -0.15) is 0 Å². The molecule has 1 aliphatic carbocycles. The Bertz CT molecular complexity index is 581. The van der Waals surface area contributed by atoms with Crippen LogP contribution in [0.2, 0.25) is 0 Å². The highest BCUT2D eigenvalue weighted by atomic mass is 16.1. The van der Waals surface area contributed by atoms with Crippen molar-refractivity contribution in [2.75, 3.05) is 0 Å². The van der Waals surface area contributed by atoms with Gasteiger partial charge in [0.2, 0.25) is 5.91 Å². The van der Waals surface area contributed by atoms with Gasteiger partial charge in [-0.25, -0.2) is 4.98 Å². The van der Waals surface area contributed by atoms with E-state index in [2.05, 4.69) is 15.6 Å². The quantitative estimate of drug-likeness (QED) is 0.898. The van der Waals surface area contributed by atoms with Crippen molar-refractivity contribution < 1.29 is 4.79 Å². The van der Waals surface area contributed by atoms with Crippen LogP contribution >= 0.6 is 0 Å². The van der Waals surface area contributed by atoms with Crippen LogP contribution in [-0.4, -0.2) is 15.5 Å². The molecule has 3 rings (SSSR count). The van der Waals surface area contributed by atoms with Gasteiger partial charge in [0, 0.05) is 24.2 Å². The van der Waals surface area contributed by atoms with E-state index in [1.807, 2.05) is 18.3 Å². The van der Waals surface area contributed by atoms with Gasteiger partial charge in [-0.1, -0.05) is 12.8 Å². The van der Waals surface area contributed by atoms with Gasteiger partial charge in [-0.15, -0.1) is 0 Å². The first-order valence-corrected chi connectivity index (χ1v) is 6.42. The highest BCUT2D eigenvalue weighted by Crippen LogP contribution is 2.41. The van der Waals surface area contributed by atoms with Crippen molar-refractivity contribution in [1.29, 1.82) is 0 Å². The van der Waals surface area contributed by atoms with Crippen LogP contribution < -0.4 is 5.73 Å². The molecular weight excluding hydrogens is 226 g/mol. The maximum absolute atomic E-state index is 11.4. The molecule has 1 amide bonds. The SMILES string of the molecule is NC(=O)CC1(n2ccc3cccnc32)CCCC1. The third kappa shape index (κ3) is 1.68. The van der Waals surface area contributed by atoms with E-state index in [9.17, 15) is 4.79 Å². The molecule has 0 aromatic carbocycles. The number of primary amides is 1. The number of hydrogen-bond acceptors (Lipinski definition) is 2. The average Bonchev–Trinajstić information content (AvgIpc) is 2.94. The summed E-state index contributed by atoms with van der Waals surface area (Å²) >= 11 is 0. The van der Waals surface area contributed by atoms with Crippen LogP contribution in [-0.2, 0) is 10.3 Å². The van der Waals surface area contributed by atoms with Crippen molar-refractivity contribution in [2.24, 2.45) is 5.73 Å². The molecule has 0 saturated heterocycles. The van der Waals surface area contributed by atoms with E-state index in [1.165, 1.54) is 0 Å². The predicted octanol–water partition coefficient (Wildman–Crippen LogP) is 2.18. The Morgan fingerprint density at radius 2 is 2.17 bits per heavy atom. The lowest BCUT2D eigenvalue weighted by molar-refractivity contribution is -0.119. The van der Waals surface area contributed by atoms with Gasteiger partial charge in [0.1, 0.15) is 5.65 Å². The molecule has 2 aromatic rings. The third-order valence-corrected chi connectivity index (χ3v) is 4.00. The number of aromatic nitrogens is 2. The van der Waals surface area contributed by atoms with Crippen LogP contribution in [0.1, 0.15) is 32.1 Å². The number of pyridine rings is 1. The van der Waals surface area contributed by atoms with Gasteiger partial charge < -0.3 is 10.3 Å². The summed E-state index contributed by atoms with van der Waals surface area (Å²) in [6, 6.07) is 6.04. The Labute approximate surface area is 106 Å². The fraction of sp³-hybridized carbons (Fsp3) is 0.429. The van der Waals surface area contributed by atoms with E-state index < -0.39 is 0 Å². The number of amides is 1. The van der Waals surface area contributed by atoms with Crippen molar-refractivity contribution in [3.8, 4) is 0 Å². The normalized spacial score (nSPS) is 18.2. The van der Waals surface area contributed by atoms with E-state index in [-0.39, 0.29) is 11.4 Å². The molecular formula is C14H17N3O. The second-order valence-electron chi connectivity index (χ2n) is 5.18. The van der Waals surface area contributed by atoms with Gasteiger partial charge in [0.15, 0.2) is 0 Å². The highest BCUT2D eigenvalue weighted by Gasteiger charge is 2.37. The van der Waals surface area contributed by atoms with Gasteiger partial charge >= 0.3 is 0 Å². The largest absolute Gasteiger partial charge is 0.370 e. The molecule has 0 aliphatic heterocycles. The van der Waals surface area contributed by atoms with Crippen LogP contribution in [0.3, 0.4) is 0 Å². The third-order valence-electron chi connectivity index (χ3n) is 4.00. The fourth-order valence-electron chi connectivity index (χ4n) is 3.21. The van der Waals surface area contributed by atoms with Crippen molar-refractivity contribution >= 4 is 16.9 Å². The number of hydrogen-bond donors (Lipinski definition) is 1. The molecule has 0 radical (unpaired) electrons. The summed E-state index contributed by atoms with van der Waals surface area (Å²) < 4.78 is 2.17. The minimum Gasteiger partial charge on any atom is -0.370 e. The van der Waals surface area contributed by atoms with Crippen LogP contribution in [0.25, 0.3) is 11.0 Å². The molecule has 1 saturated carbocycles. The molecule has 0 spiro atoms. The highest BCUT2D eigenvalue weighted by molar-refractivity contribution is 5.78. The molecule has 18 heavy (non-hydrogen) atoms. The summed E-state index contributed by atoms with van der Waals surface area (Å²) in [6.07, 6.45) is 8.58. The first-order chi connectivity index (χ1) is 8.71. The topological polar surface area (TPSA) is 60.9 Å². The fourth-order valence-corrected chi connectivity index (χ4v) is 3.21. The molecule has 2 aromatic heterocycles. The van der Waals surface area contributed by atoms with Crippen LogP contribution in [0.5, 0.6) is 0 Å². The lowest BCUT2D eigenvalue weighted by Crippen LogP contribution is -2.35. The van der Waals surface area contributed by atoms with Crippen molar-refractivity contribution in [3.05, 3.63) is 30.6 Å². The molecule has 1 fully saturated rings. The van der Waals surface area contributed by atoms with E-state index in [0.29, 0.717) is 6.42 Å². The lowest BCUT2D eigenvalue weighted by Gasteiger charge is -2.30. The number of nitrogens with two attached hydrogens (primary N) is 1. The zero-order valence-corrected chi connectivity index (χ0v) is 10.3. The second kappa shape index (κ2) is 4.12. The number of fused-ring (bicyclic) bond motifs is 1. The van der Waals surface area contributed by atoms with Crippen LogP contribution in [0, 0.1) is 0 Å². The second-order valence-corrected chi connectivity index (χ2v) is 5.18. The first kappa shape index (κ1) is 11.3. The maximum Gasteiger partial charge on any atom is 0.219 e. The number of rotatable bonds is 3. The predicted molar refractivity (Wildman–Crippen MR) is 70.0 cm³/mol. The van der Waals surface area contributed by atoms with E-state index >= 15 is 0 Å². The van der Waals surface area contributed by atoms with Gasteiger partial charge in [0.25, 0.3) is 0 Å². The molecule has 4 heteroatoms. The Hall–Kier alpha value is -1.84. The molecule has 0 bridgehead atoms. The first-order valence-electron chi connectivity index (χ1n) is 6.42. The molecule has 2 N–H and O–H groups in total. The van der Waals surface area contributed by atoms with Gasteiger partial charge in [-0.05, 0) is 31.0 Å². The molecule has 94 valence electrons. The summed E-state index contributed by atoms with van der Waals surface area (Å²) in [7, 11) is 0. The smallest absolute Gasteiger partial charge is 0.219 e. The van der Waals surface area contributed by atoms with Crippen LogP contribution in [0.4, 0.5) is 0 Å². The van der Waals surface area contributed by atoms with Gasteiger partial charge in [0.05, 0.1) is 5.54 Å². The summed E-state index contributed by atoms with van der Waals surface area (Å²) in [5.74, 6) is -0.227.